The van der Waals surface area contributed by atoms with E-state index in [0.29, 0.717) is 46.1 Å². The number of benzene rings is 2. The van der Waals surface area contributed by atoms with Gasteiger partial charge in [-0.25, -0.2) is 9.37 Å². The fraction of sp³-hybridized carbons (Fsp3) is 0.139. The van der Waals surface area contributed by atoms with Crippen LogP contribution in [0.3, 0.4) is 0 Å². The van der Waals surface area contributed by atoms with Gasteiger partial charge in [0.1, 0.15) is 17.0 Å². The van der Waals surface area contributed by atoms with Gasteiger partial charge < -0.3 is 20.5 Å². The number of nitrogens with zero attached hydrogens (tertiary/aromatic N) is 5. The second kappa shape index (κ2) is 12.8. The molecule has 0 spiro atoms. The van der Waals surface area contributed by atoms with Gasteiger partial charge in [-0.15, -0.1) is 0 Å². The van der Waals surface area contributed by atoms with E-state index in [1.165, 1.54) is 12.1 Å². The summed E-state index contributed by atoms with van der Waals surface area (Å²) in [6.07, 6.45) is 5.30. The van der Waals surface area contributed by atoms with Crippen molar-refractivity contribution in [2.24, 2.45) is 0 Å². The molecule has 7 aromatic rings. The summed E-state index contributed by atoms with van der Waals surface area (Å²) in [6, 6.07) is 24.0. The highest BCUT2D eigenvalue weighted by molar-refractivity contribution is 5.99. The van der Waals surface area contributed by atoms with Crippen LogP contribution in [0.2, 0.25) is 0 Å². The SMILES string of the molecule is CN(C)CCNc1cc(F)cc(-c2nccc3[nH]c(-c4n[nH]c5ccc(-c6cncc(NC(=O)Cc7ccccc7)c6)nc45)cc23)c1. The average Bonchev–Trinajstić information content (AvgIpc) is 3.69. The highest BCUT2D eigenvalue weighted by Crippen LogP contribution is 2.34. The first kappa shape index (κ1) is 29.8. The van der Waals surface area contributed by atoms with Gasteiger partial charge in [-0.2, -0.15) is 5.10 Å². The van der Waals surface area contributed by atoms with E-state index >= 15 is 0 Å². The van der Waals surface area contributed by atoms with Crippen LogP contribution in [0.4, 0.5) is 15.8 Å². The van der Waals surface area contributed by atoms with E-state index in [4.69, 9.17) is 4.98 Å². The Morgan fingerprint density at radius 2 is 1.74 bits per heavy atom. The lowest BCUT2D eigenvalue weighted by Gasteiger charge is -2.12. The molecule has 47 heavy (non-hydrogen) atoms. The van der Waals surface area contributed by atoms with Gasteiger partial charge in [0.15, 0.2) is 0 Å². The first-order valence-corrected chi connectivity index (χ1v) is 15.2. The Balaban J connectivity index is 1.18. The third kappa shape index (κ3) is 6.56. The van der Waals surface area contributed by atoms with E-state index < -0.39 is 0 Å². The van der Waals surface area contributed by atoms with Crippen molar-refractivity contribution in [1.82, 2.24) is 35.0 Å². The second-order valence-electron chi connectivity index (χ2n) is 11.6. The number of nitrogens with one attached hydrogen (secondary N) is 4. The van der Waals surface area contributed by atoms with Gasteiger partial charge in [0, 0.05) is 53.2 Å². The molecule has 1 amide bonds. The molecule has 0 bridgehead atoms. The number of hydrogen-bond acceptors (Lipinski definition) is 7. The fourth-order valence-electron chi connectivity index (χ4n) is 5.55. The molecular formula is C36H32FN9O. The number of pyridine rings is 3. The molecule has 5 aromatic heterocycles. The zero-order valence-electron chi connectivity index (χ0n) is 25.9. The van der Waals surface area contributed by atoms with Crippen LogP contribution in [0.5, 0.6) is 0 Å². The van der Waals surface area contributed by atoms with Crippen LogP contribution in [-0.4, -0.2) is 68.1 Å². The Kier molecular flexibility index (Phi) is 8.11. The van der Waals surface area contributed by atoms with E-state index in [9.17, 15) is 9.18 Å². The Labute approximate surface area is 270 Å². The van der Waals surface area contributed by atoms with Crippen LogP contribution in [0.15, 0.2) is 97.5 Å². The molecule has 0 aliphatic carbocycles. The zero-order chi connectivity index (χ0) is 32.3. The number of carbonyl (C=O) groups is 1. The molecule has 10 nitrogen and oxygen atoms in total. The number of fused-ring (bicyclic) bond motifs is 2. The minimum Gasteiger partial charge on any atom is -0.384 e. The summed E-state index contributed by atoms with van der Waals surface area (Å²) in [5.74, 6) is -0.466. The monoisotopic (exact) mass is 625 g/mol. The van der Waals surface area contributed by atoms with E-state index in [0.717, 1.165) is 39.8 Å². The largest absolute Gasteiger partial charge is 0.384 e. The Bertz CT molecular complexity index is 2210. The first-order chi connectivity index (χ1) is 22.9. The lowest BCUT2D eigenvalue weighted by atomic mass is 10.1. The summed E-state index contributed by atoms with van der Waals surface area (Å²) in [5.41, 5.74) is 8.62. The molecule has 0 unspecified atom stereocenters. The Morgan fingerprint density at radius 1 is 0.894 bits per heavy atom. The number of aromatic nitrogens is 6. The molecule has 4 N–H and O–H groups in total. The van der Waals surface area contributed by atoms with Gasteiger partial charge in [0.05, 0.1) is 40.9 Å². The number of H-pyrrole nitrogens is 2. The van der Waals surface area contributed by atoms with Crippen molar-refractivity contribution in [3.05, 3.63) is 109 Å². The lowest BCUT2D eigenvalue weighted by Crippen LogP contribution is -2.20. The maximum absolute atomic E-state index is 14.7. The van der Waals surface area contributed by atoms with Crippen molar-refractivity contribution in [3.63, 3.8) is 0 Å². The van der Waals surface area contributed by atoms with Gasteiger partial charge in [0.25, 0.3) is 0 Å². The number of amides is 1. The molecule has 0 fully saturated rings. The van der Waals surface area contributed by atoms with Crippen LogP contribution < -0.4 is 10.6 Å². The minimum absolute atomic E-state index is 0.126. The van der Waals surface area contributed by atoms with Crippen LogP contribution in [0.25, 0.3) is 55.8 Å². The molecule has 0 aliphatic heterocycles. The lowest BCUT2D eigenvalue weighted by molar-refractivity contribution is -0.115. The van der Waals surface area contributed by atoms with Crippen molar-refractivity contribution in [2.75, 3.05) is 37.8 Å². The molecule has 0 saturated carbocycles. The first-order valence-electron chi connectivity index (χ1n) is 15.2. The van der Waals surface area contributed by atoms with E-state index in [1.807, 2.05) is 80.8 Å². The fourth-order valence-corrected chi connectivity index (χ4v) is 5.55. The van der Waals surface area contributed by atoms with E-state index in [1.54, 1.807) is 18.6 Å². The molecule has 2 aromatic carbocycles. The molecule has 5 heterocycles. The van der Waals surface area contributed by atoms with Crippen molar-refractivity contribution in [3.8, 4) is 33.9 Å². The second-order valence-corrected chi connectivity index (χ2v) is 11.6. The standard InChI is InChI=1S/C36H32FN9O/c1-46(2)13-12-39-26-16-23(15-25(37)18-26)34-28-19-32(42-30(28)10-11-40-34)36-35-31(44-45-36)9-8-29(43-35)24-17-27(21-38-20-24)41-33(47)14-22-6-4-3-5-7-22/h3-11,15-21,39,42H,12-14H2,1-2H3,(H,41,47)(H,44,45). The number of carbonyl (C=O) groups excluding carboxylic acids is 1. The normalized spacial score (nSPS) is 11.4. The topological polar surface area (TPSA) is 128 Å². The molecule has 0 atom stereocenters. The summed E-state index contributed by atoms with van der Waals surface area (Å²) in [6.45, 7) is 1.51. The van der Waals surface area contributed by atoms with Crippen LogP contribution in [0, 0.1) is 5.82 Å². The maximum Gasteiger partial charge on any atom is 0.228 e. The number of rotatable bonds is 10. The zero-order valence-corrected chi connectivity index (χ0v) is 25.9. The van der Waals surface area contributed by atoms with Crippen LogP contribution in [0.1, 0.15) is 5.56 Å². The summed E-state index contributed by atoms with van der Waals surface area (Å²) in [4.78, 5) is 32.1. The van der Waals surface area contributed by atoms with E-state index in [2.05, 4.69) is 40.7 Å². The van der Waals surface area contributed by atoms with Crippen molar-refractivity contribution < 1.29 is 9.18 Å². The molecule has 0 radical (unpaired) electrons. The average molecular weight is 626 g/mol. The van der Waals surface area contributed by atoms with Crippen LogP contribution >= 0.6 is 0 Å². The predicted molar refractivity (Wildman–Crippen MR) is 183 cm³/mol. The number of likely N-dealkylation sites (N-methyl/N-ethyl adjacent to an activating group) is 1. The highest BCUT2D eigenvalue weighted by Gasteiger charge is 2.17. The van der Waals surface area contributed by atoms with Gasteiger partial charge in [-0.1, -0.05) is 30.3 Å². The summed E-state index contributed by atoms with van der Waals surface area (Å²) in [7, 11) is 3.99. The third-order valence-corrected chi connectivity index (χ3v) is 7.80. The van der Waals surface area contributed by atoms with Gasteiger partial charge in [-0.3, -0.25) is 19.9 Å². The third-order valence-electron chi connectivity index (χ3n) is 7.80. The number of hydrogen-bond donors (Lipinski definition) is 4. The molecule has 0 aliphatic rings. The summed E-state index contributed by atoms with van der Waals surface area (Å²) in [5, 5.41) is 14.7. The number of aromatic amines is 2. The molecule has 11 heteroatoms. The molecule has 234 valence electrons. The summed E-state index contributed by atoms with van der Waals surface area (Å²) >= 11 is 0. The Morgan fingerprint density at radius 3 is 2.60 bits per heavy atom. The van der Waals surface area contributed by atoms with E-state index in [-0.39, 0.29) is 18.1 Å². The predicted octanol–water partition coefficient (Wildman–Crippen LogP) is 6.52. The minimum atomic E-state index is -0.339. The van der Waals surface area contributed by atoms with Crippen molar-refractivity contribution in [1.29, 1.82) is 0 Å². The number of anilines is 2. The molecule has 0 saturated heterocycles. The molecular weight excluding hydrogens is 593 g/mol. The Hall–Kier alpha value is -5.94. The van der Waals surface area contributed by atoms with Gasteiger partial charge in [0.2, 0.25) is 5.91 Å². The number of halogens is 1. The van der Waals surface area contributed by atoms with Crippen LogP contribution in [-0.2, 0) is 11.2 Å². The summed E-state index contributed by atoms with van der Waals surface area (Å²) < 4.78 is 14.7. The van der Waals surface area contributed by atoms with Gasteiger partial charge in [-0.05, 0) is 68.2 Å². The quantitative estimate of drug-likeness (QED) is 0.136. The van der Waals surface area contributed by atoms with Crippen molar-refractivity contribution in [2.45, 2.75) is 6.42 Å². The smallest absolute Gasteiger partial charge is 0.228 e. The molecule has 7 rings (SSSR count). The van der Waals surface area contributed by atoms with Crippen molar-refractivity contribution >= 4 is 39.2 Å². The highest BCUT2D eigenvalue weighted by atomic mass is 19.1. The van der Waals surface area contributed by atoms with Gasteiger partial charge >= 0.3 is 0 Å². The maximum atomic E-state index is 14.7.